The molecule has 0 aliphatic carbocycles. The molecule has 0 unspecified atom stereocenters. The molecule has 0 radical (unpaired) electrons. The topological polar surface area (TPSA) is 56.7 Å². The summed E-state index contributed by atoms with van der Waals surface area (Å²) < 4.78 is 2.07. The number of aromatic nitrogens is 3. The van der Waals surface area contributed by atoms with Crippen LogP contribution in [-0.4, -0.2) is 21.1 Å². The molecule has 15 heavy (non-hydrogen) atoms. The smallest absolute Gasteiger partial charge is 0.139 e. The maximum absolute atomic E-state index is 5.53. The molecule has 0 aliphatic rings. The molecule has 78 valence electrons. The number of rotatable bonds is 3. The molecular formula is C11H14N4. The van der Waals surface area contributed by atoms with E-state index >= 15 is 0 Å². The first-order valence-electron chi connectivity index (χ1n) is 4.94. The van der Waals surface area contributed by atoms with E-state index in [0.717, 1.165) is 23.5 Å². The molecule has 4 nitrogen and oxygen atoms in total. The summed E-state index contributed by atoms with van der Waals surface area (Å²) >= 11 is 0. The zero-order chi connectivity index (χ0) is 10.7. The van der Waals surface area contributed by atoms with Crippen molar-refractivity contribution in [2.75, 3.05) is 6.54 Å². The van der Waals surface area contributed by atoms with Crippen molar-refractivity contribution >= 4 is 0 Å². The van der Waals surface area contributed by atoms with Crippen molar-refractivity contribution in [2.45, 2.75) is 6.42 Å². The van der Waals surface area contributed by atoms with Crippen LogP contribution in [0.15, 0.2) is 30.7 Å². The molecule has 2 rings (SSSR count). The van der Waals surface area contributed by atoms with Crippen LogP contribution in [0.4, 0.5) is 0 Å². The number of pyridine rings is 1. The lowest BCUT2D eigenvalue weighted by Crippen LogP contribution is -2.07. The molecule has 0 saturated carbocycles. The van der Waals surface area contributed by atoms with Crippen LogP contribution in [0, 0.1) is 0 Å². The van der Waals surface area contributed by atoms with Crippen LogP contribution >= 0.6 is 0 Å². The fourth-order valence-corrected chi connectivity index (χ4v) is 1.59. The van der Waals surface area contributed by atoms with E-state index in [1.54, 1.807) is 12.4 Å². The monoisotopic (exact) mass is 202 g/mol. The summed E-state index contributed by atoms with van der Waals surface area (Å²) in [5, 5.41) is 0. The van der Waals surface area contributed by atoms with E-state index in [-0.39, 0.29) is 0 Å². The van der Waals surface area contributed by atoms with E-state index in [1.165, 1.54) is 0 Å². The van der Waals surface area contributed by atoms with E-state index in [0.29, 0.717) is 6.54 Å². The van der Waals surface area contributed by atoms with Gasteiger partial charge in [-0.3, -0.25) is 4.98 Å². The van der Waals surface area contributed by atoms with Crippen LogP contribution in [0.25, 0.3) is 11.4 Å². The highest BCUT2D eigenvalue weighted by Gasteiger charge is 2.07. The standard InChI is InChI=1S/C11H14N4/c1-15-10(2-5-12)8-14-11(15)9-3-6-13-7-4-9/h3-4,6-8H,2,5,12H2,1H3. The summed E-state index contributed by atoms with van der Waals surface area (Å²) in [4.78, 5) is 8.37. The Bertz CT molecular complexity index is 433. The van der Waals surface area contributed by atoms with Crippen molar-refractivity contribution in [1.82, 2.24) is 14.5 Å². The van der Waals surface area contributed by atoms with E-state index in [4.69, 9.17) is 5.73 Å². The second-order valence-corrected chi connectivity index (χ2v) is 3.41. The Hall–Kier alpha value is -1.68. The molecule has 0 aromatic carbocycles. The zero-order valence-corrected chi connectivity index (χ0v) is 8.72. The fraction of sp³-hybridized carbons (Fsp3) is 0.273. The quantitative estimate of drug-likeness (QED) is 0.807. The molecule has 2 aromatic rings. The van der Waals surface area contributed by atoms with Crippen molar-refractivity contribution in [3.05, 3.63) is 36.4 Å². The lowest BCUT2D eigenvalue weighted by atomic mass is 10.2. The van der Waals surface area contributed by atoms with Gasteiger partial charge < -0.3 is 10.3 Å². The molecule has 0 atom stereocenters. The fourth-order valence-electron chi connectivity index (χ4n) is 1.59. The minimum absolute atomic E-state index is 0.648. The Balaban J connectivity index is 2.38. The molecule has 0 aliphatic heterocycles. The maximum Gasteiger partial charge on any atom is 0.139 e. The van der Waals surface area contributed by atoms with Crippen molar-refractivity contribution in [3.63, 3.8) is 0 Å². The van der Waals surface area contributed by atoms with Crippen molar-refractivity contribution in [3.8, 4) is 11.4 Å². The van der Waals surface area contributed by atoms with Gasteiger partial charge in [0.25, 0.3) is 0 Å². The van der Waals surface area contributed by atoms with Crippen LogP contribution in [0.2, 0.25) is 0 Å². The third kappa shape index (κ3) is 1.89. The molecule has 0 amide bonds. The second-order valence-electron chi connectivity index (χ2n) is 3.41. The van der Waals surface area contributed by atoms with Gasteiger partial charge in [0.2, 0.25) is 0 Å². The van der Waals surface area contributed by atoms with Gasteiger partial charge in [0.05, 0.1) is 0 Å². The average Bonchev–Trinajstić information content (AvgIpc) is 2.63. The van der Waals surface area contributed by atoms with E-state index in [1.807, 2.05) is 25.4 Å². The van der Waals surface area contributed by atoms with Crippen LogP contribution < -0.4 is 5.73 Å². The van der Waals surface area contributed by atoms with Gasteiger partial charge in [0, 0.05) is 43.3 Å². The Morgan fingerprint density at radius 2 is 2.07 bits per heavy atom. The first-order valence-corrected chi connectivity index (χ1v) is 4.94. The highest BCUT2D eigenvalue weighted by Crippen LogP contribution is 2.17. The average molecular weight is 202 g/mol. The lowest BCUT2D eigenvalue weighted by molar-refractivity contribution is 0.811. The first-order chi connectivity index (χ1) is 7.33. The number of hydrogen-bond acceptors (Lipinski definition) is 3. The van der Waals surface area contributed by atoms with E-state index < -0.39 is 0 Å². The largest absolute Gasteiger partial charge is 0.331 e. The zero-order valence-electron chi connectivity index (χ0n) is 8.72. The maximum atomic E-state index is 5.53. The predicted molar refractivity (Wildman–Crippen MR) is 59.2 cm³/mol. The van der Waals surface area contributed by atoms with Crippen LogP contribution in [0.1, 0.15) is 5.69 Å². The van der Waals surface area contributed by atoms with Crippen LogP contribution in [0.5, 0.6) is 0 Å². The van der Waals surface area contributed by atoms with Gasteiger partial charge in [-0.2, -0.15) is 0 Å². The normalized spacial score (nSPS) is 10.5. The molecule has 2 N–H and O–H groups in total. The number of imidazole rings is 1. The van der Waals surface area contributed by atoms with E-state index in [2.05, 4.69) is 14.5 Å². The molecule has 4 heteroatoms. The number of nitrogens with two attached hydrogens (primary N) is 1. The number of nitrogens with zero attached hydrogens (tertiary/aromatic N) is 3. The third-order valence-corrected chi connectivity index (χ3v) is 2.42. The van der Waals surface area contributed by atoms with Crippen LogP contribution in [-0.2, 0) is 13.5 Å². The molecule has 2 heterocycles. The van der Waals surface area contributed by atoms with Crippen LogP contribution in [0.3, 0.4) is 0 Å². The molecule has 2 aromatic heterocycles. The summed E-state index contributed by atoms with van der Waals surface area (Å²) in [7, 11) is 2.01. The molecule has 0 spiro atoms. The van der Waals surface area contributed by atoms with Crippen molar-refractivity contribution < 1.29 is 0 Å². The van der Waals surface area contributed by atoms with Gasteiger partial charge in [-0.15, -0.1) is 0 Å². The Kier molecular flexibility index (Phi) is 2.78. The van der Waals surface area contributed by atoms with Crippen molar-refractivity contribution in [1.29, 1.82) is 0 Å². The highest BCUT2D eigenvalue weighted by molar-refractivity contribution is 5.54. The van der Waals surface area contributed by atoms with Gasteiger partial charge in [-0.05, 0) is 18.7 Å². The second kappa shape index (κ2) is 4.23. The minimum Gasteiger partial charge on any atom is -0.331 e. The molecule has 0 bridgehead atoms. The summed E-state index contributed by atoms with van der Waals surface area (Å²) in [5.74, 6) is 0.959. The Labute approximate surface area is 88.8 Å². The number of hydrogen-bond donors (Lipinski definition) is 1. The molecule has 0 saturated heterocycles. The van der Waals surface area contributed by atoms with Crippen molar-refractivity contribution in [2.24, 2.45) is 12.8 Å². The predicted octanol–water partition coefficient (Wildman–Crippen LogP) is 0.983. The van der Waals surface area contributed by atoms with Gasteiger partial charge in [0.15, 0.2) is 0 Å². The third-order valence-electron chi connectivity index (χ3n) is 2.42. The van der Waals surface area contributed by atoms with E-state index in [9.17, 15) is 0 Å². The lowest BCUT2D eigenvalue weighted by Gasteiger charge is -2.04. The Morgan fingerprint density at radius 3 is 2.73 bits per heavy atom. The minimum atomic E-state index is 0.648. The van der Waals surface area contributed by atoms with Gasteiger partial charge in [-0.25, -0.2) is 4.98 Å². The van der Waals surface area contributed by atoms with Gasteiger partial charge in [-0.1, -0.05) is 0 Å². The molecule has 0 fully saturated rings. The highest BCUT2D eigenvalue weighted by atomic mass is 15.1. The summed E-state index contributed by atoms with van der Waals surface area (Å²) in [5.41, 5.74) is 7.76. The summed E-state index contributed by atoms with van der Waals surface area (Å²) in [6.07, 6.45) is 6.27. The van der Waals surface area contributed by atoms with Gasteiger partial charge in [0.1, 0.15) is 5.82 Å². The summed E-state index contributed by atoms with van der Waals surface area (Å²) in [6.45, 7) is 0.648. The Morgan fingerprint density at radius 1 is 1.33 bits per heavy atom. The SMILES string of the molecule is Cn1c(CCN)cnc1-c1ccncc1. The van der Waals surface area contributed by atoms with Gasteiger partial charge >= 0.3 is 0 Å². The molecular weight excluding hydrogens is 188 g/mol. The summed E-state index contributed by atoms with van der Waals surface area (Å²) in [6, 6.07) is 3.91. The first kappa shape index (κ1) is 9.86.